The van der Waals surface area contributed by atoms with Crippen LogP contribution >= 0.6 is 0 Å². The van der Waals surface area contributed by atoms with Crippen molar-refractivity contribution in [2.75, 3.05) is 6.54 Å². The Hall–Kier alpha value is -0.860. The summed E-state index contributed by atoms with van der Waals surface area (Å²) in [5, 5.41) is 11.3. The van der Waals surface area contributed by atoms with Crippen LogP contribution in [-0.4, -0.2) is 11.7 Å². The van der Waals surface area contributed by atoms with Gasteiger partial charge < -0.3 is 10.8 Å². The van der Waals surface area contributed by atoms with Crippen molar-refractivity contribution in [1.82, 2.24) is 0 Å². The number of aliphatic hydroxyl groups is 1. The van der Waals surface area contributed by atoms with Crippen molar-refractivity contribution in [2.45, 2.75) is 51.6 Å². The van der Waals surface area contributed by atoms with Gasteiger partial charge >= 0.3 is 0 Å². The molecule has 0 radical (unpaired) electrons. The van der Waals surface area contributed by atoms with Crippen LogP contribution in [0.15, 0.2) is 24.3 Å². The molecule has 3 N–H and O–H groups in total. The Kier molecular flexibility index (Phi) is 3.42. The topological polar surface area (TPSA) is 46.2 Å². The van der Waals surface area contributed by atoms with Gasteiger partial charge in [0.2, 0.25) is 0 Å². The van der Waals surface area contributed by atoms with Gasteiger partial charge in [-0.3, -0.25) is 0 Å². The molecule has 0 aromatic heterocycles. The summed E-state index contributed by atoms with van der Waals surface area (Å²) < 4.78 is 0. The summed E-state index contributed by atoms with van der Waals surface area (Å²) in [5.74, 6) is 1.38. The second kappa shape index (κ2) is 4.85. The molecular weight excluding hydrogens is 246 g/mol. The summed E-state index contributed by atoms with van der Waals surface area (Å²) in [6.45, 7) is 4.74. The van der Waals surface area contributed by atoms with Crippen molar-refractivity contribution in [3.63, 3.8) is 0 Å². The fraction of sp³-hybridized carbons (Fsp3) is 0.667. The molecule has 1 aromatic carbocycles. The minimum Gasteiger partial charge on any atom is -0.385 e. The molecular formula is C18H27NO. The molecule has 0 spiro atoms. The molecule has 4 atom stereocenters. The standard InChI is InChI=1S/C18H27NO/c1-3-13-4-7-15(8-5-13)17(2,20)18(12-19)11-14-6-9-16(18)10-14/h4-5,7-8,14,16,20H,3,6,9-12,19H2,1-2H3. The maximum atomic E-state index is 11.3. The fourth-order valence-electron chi connectivity index (χ4n) is 4.84. The minimum atomic E-state index is -0.812. The van der Waals surface area contributed by atoms with E-state index in [4.69, 9.17) is 5.73 Å². The minimum absolute atomic E-state index is 0.121. The molecule has 0 saturated heterocycles. The number of hydrogen-bond donors (Lipinski definition) is 2. The molecule has 2 aliphatic rings. The van der Waals surface area contributed by atoms with Gasteiger partial charge in [0, 0.05) is 12.0 Å². The third-order valence-electron chi connectivity index (χ3n) is 6.23. The summed E-state index contributed by atoms with van der Waals surface area (Å²) in [6.07, 6.45) is 5.97. The van der Waals surface area contributed by atoms with Crippen LogP contribution in [0.1, 0.15) is 50.7 Å². The monoisotopic (exact) mass is 273 g/mol. The van der Waals surface area contributed by atoms with Crippen LogP contribution in [0.5, 0.6) is 0 Å². The van der Waals surface area contributed by atoms with Gasteiger partial charge in [-0.05, 0) is 55.6 Å². The number of nitrogens with two attached hydrogens (primary N) is 1. The molecule has 20 heavy (non-hydrogen) atoms. The highest BCUT2D eigenvalue weighted by molar-refractivity contribution is 5.30. The number of benzene rings is 1. The average molecular weight is 273 g/mol. The van der Waals surface area contributed by atoms with Gasteiger partial charge in [0.1, 0.15) is 0 Å². The van der Waals surface area contributed by atoms with E-state index in [1.165, 1.54) is 24.8 Å². The quantitative estimate of drug-likeness (QED) is 0.885. The zero-order valence-electron chi connectivity index (χ0n) is 12.7. The van der Waals surface area contributed by atoms with Gasteiger partial charge in [-0.2, -0.15) is 0 Å². The maximum Gasteiger partial charge on any atom is 0.0939 e. The first-order chi connectivity index (χ1) is 9.53. The predicted molar refractivity (Wildman–Crippen MR) is 82.3 cm³/mol. The molecule has 2 heteroatoms. The van der Waals surface area contributed by atoms with E-state index in [1.54, 1.807) is 0 Å². The lowest BCUT2D eigenvalue weighted by Crippen LogP contribution is -2.51. The average Bonchev–Trinajstić information content (AvgIpc) is 3.08. The Morgan fingerprint density at radius 2 is 2.00 bits per heavy atom. The van der Waals surface area contributed by atoms with Crippen molar-refractivity contribution in [2.24, 2.45) is 23.0 Å². The first-order valence-electron chi connectivity index (χ1n) is 8.05. The van der Waals surface area contributed by atoms with Crippen molar-refractivity contribution < 1.29 is 5.11 Å². The Bertz CT molecular complexity index is 479. The van der Waals surface area contributed by atoms with Gasteiger partial charge in [-0.1, -0.05) is 37.6 Å². The molecule has 2 nitrogen and oxygen atoms in total. The fourth-order valence-corrected chi connectivity index (χ4v) is 4.84. The van der Waals surface area contributed by atoms with Crippen LogP contribution < -0.4 is 5.73 Å². The van der Waals surface area contributed by atoms with E-state index in [-0.39, 0.29) is 5.41 Å². The van der Waals surface area contributed by atoms with Crippen molar-refractivity contribution in [1.29, 1.82) is 0 Å². The van der Waals surface area contributed by atoms with Crippen molar-refractivity contribution >= 4 is 0 Å². The Morgan fingerprint density at radius 1 is 1.30 bits per heavy atom. The van der Waals surface area contributed by atoms with Gasteiger partial charge in [0.25, 0.3) is 0 Å². The summed E-state index contributed by atoms with van der Waals surface area (Å²) >= 11 is 0. The van der Waals surface area contributed by atoms with Crippen molar-refractivity contribution in [3.8, 4) is 0 Å². The second-order valence-electron chi connectivity index (χ2n) is 7.06. The molecule has 2 saturated carbocycles. The molecule has 1 aromatic rings. The zero-order chi connectivity index (χ0) is 14.4. The zero-order valence-corrected chi connectivity index (χ0v) is 12.7. The molecule has 0 amide bonds. The lowest BCUT2D eigenvalue weighted by molar-refractivity contribution is -0.103. The largest absolute Gasteiger partial charge is 0.385 e. The number of aryl methyl sites for hydroxylation is 1. The van der Waals surface area contributed by atoms with E-state index >= 15 is 0 Å². The molecule has 3 rings (SSSR count). The second-order valence-corrected chi connectivity index (χ2v) is 7.06. The van der Waals surface area contributed by atoms with Crippen LogP contribution in [0.2, 0.25) is 0 Å². The summed E-state index contributed by atoms with van der Waals surface area (Å²) in [4.78, 5) is 0. The van der Waals surface area contributed by atoms with Gasteiger partial charge in [0.05, 0.1) is 5.60 Å². The third-order valence-corrected chi connectivity index (χ3v) is 6.23. The van der Waals surface area contributed by atoms with E-state index in [0.29, 0.717) is 12.5 Å². The van der Waals surface area contributed by atoms with Crippen molar-refractivity contribution in [3.05, 3.63) is 35.4 Å². The highest BCUT2D eigenvalue weighted by Crippen LogP contribution is 2.62. The molecule has 2 bridgehead atoms. The van der Waals surface area contributed by atoms with E-state index < -0.39 is 5.60 Å². The molecule has 0 aliphatic heterocycles. The number of hydrogen-bond acceptors (Lipinski definition) is 2. The van der Waals surface area contributed by atoms with E-state index in [2.05, 4.69) is 31.2 Å². The first-order valence-corrected chi connectivity index (χ1v) is 8.05. The summed E-state index contributed by atoms with van der Waals surface area (Å²) in [7, 11) is 0. The Labute approximate surface area is 122 Å². The third kappa shape index (κ3) is 1.85. The van der Waals surface area contributed by atoms with Gasteiger partial charge in [-0.25, -0.2) is 0 Å². The van der Waals surface area contributed by atoms with E-state index in [0.717, 1.165) is 24.3 Å². The molecule has 4 unspecified atom stereocenters. The lowest BCUT2D eigenvalue weighted by Gasteiger charge is -2.48. The number of fused-ring (bicyclic) bond motifs is 2. The lowest BCUT2D eigenvalue weighted by atomic mass is 9.60. The van der Waals surface area contributed by atoms with Crippen LogP contribution in [0.4, 0.5) is 0 Å². The SMILES string of the molecule is CCc1ccc(C(C)(O)C2(CN)CC3CCC2C3)cc1. The summed E-state index contributed by atoms with van der Waals surface area (Å²) in [6, 6.07) is 8.48. The molecule has 0 heterocycles. The Morgan fingerprint density at radius 3 is 2.45 bits per heavy atom. The number of rotatable bonds is 4. The highest BCUT2D eigenvalue weighted by atomic mass is 16.3. The first kappa shape index (κ1) is 14.1. The smallest absolute Gasteiger partial charge is 0.0939 e. The molecule has 2 aliphatic carbocycles. The van der Waals surface area contributed by atoms with Crippen LogP contribution in [-0.2, 0) is 12.0 Å². The van der Waals surface area contributed by atoms with Crippen LogP contribution in [0.3, 0.4) is 0 Å². The van der Waals surface area contributed by atoms with Crippen LogP contribution in [0.25, 0.3) is 0 Å². The van der Waals surface area contributed by atoms with Gasteiger partial charge in [-0.15, -0.1) is 0 Å². The predicted octanol–water partition coefficient (Wildman–Crippen LogP) is 3.22. The Balaban J connectivity index is 1.96. The van der Waals surface area contributed by atoms with Crippen LogP contribution in [0, 0.1) is 17.3 Å². The highest BCUT2D eigenvalue weighted by Gasteiger charge is 2.59. The van der Waals surface area contributed by atoms with E-state index in [9.17, 15) is 5.11 Å². The summed E-state index contributed by atoms with van der Waals surface area (Å²) in [5.41, 5.74) is 7.60. The normalized spacial score (nSPS) is 35.2. The maximum absolute atomic E-state index is 11.3. The molecule has 110 valence electrons. The van der Waals surface area contributed by atoms with E-state index in [1.807, 2.05) is 6.92 Å². The molecule has 2 fully saturated rings. The van der Waals surface area contributed by atoms with Gasteiger partial charge in [0.15, 0.2) is 0 Å².